The summed E-state index contributed by atoms with van der Waals surface area (Å²) in [6.45, 7) is 12.7. The van der Waals surface area contributed by atoms with Crippen LogP contribution in [0.15, 0.2) is 107 Å². The zero-order chi connectivity index (χ0) is 48.2. The third-order valence-corrected chi connectivity index (χ3v) is 18.0. The zero-order valence-electron chi connectivity index (χ0n) is 39.1. The molecule has 356 valence electrons. The van der Waals surface area contributed by atoms with Crippen molar-refractivity contribution in [2.24, 2.45) is 21.0 Å². The Bertz CT molecular complexity index is 3360. The fourth-order valence-corrected chi connectivity index (χ4v) is 13.0. The van der Waals surface area contributed by atoms with Crippen LogP contribution >= 0.6 is 11.6 Å². The Hall–Kier alpha value is -6.04. The molecule has 4 aliphatic rings. The molecule has 6 aromatic rings. The lowest BCUT2D eigenvalue weighted by Gasteiger charge is -2.37. The number of imidazole rings is 1. The van der Waals surface area contributed by atoms with E-state index in [1.54, 1.807) is 23.1 Å². The molecule has 1 amide bonds. The van der Waals surface area contributed by atoms with Gasteiger partial charge in [-0.2, -0.15) is 0 Å². The summed E-state index contributed by atoms with van der Waals surface area (Å²) in [6, 6.07) is 15.3. The molecule has 3 aromatic heterocycles. The van der Waals surface area contributed by atoms with Gasteiger partial charge in [-0.3, -0.25) is 23.4 Å². The molecule has 0 spiro atoms. The van der Waals surface area contributed by atoms with Gasteiger partial charge in [-0.25, -0.2) is 27.5 Å². The normalized spacial score (nSPS) is 23.8. The average Bonchev–Trinajstić information content (AvgIpc) is 4.13. The smallest absolute Gasteiger partial charge is 0.402 e. The maximum atomic E-state index is 16.1. The van der Waals surface area contributed by atoms with E-state index in [4.69, 9.17) is 31.6 Å². The van der Waals surface area contributed by atoms with Gasteiger partial charge < -0.3 is 19.9 Å². The summed E-state index contributed by atoms with van der Waals surface area (Å²) >= 11 is 6.60. The van der Waals surface area contributed by atoms with Gasteiger partial charge in [-0.15, -0.1) is 0 Å². The van der Waals surface area contributed by atoms with E-state index >= 15 is 9.18 Å². The van der Waals surface area contributed by atoms with E-state index in [0.29, 0.717) is 46.5 Å². The Balaban J connectivity index is 1.08. The predicted octanol–water partition coefficient (Wildman–Crippen LogP) is 8.48. The van der Waals surface area contributed by atoms with Crippen LogP contribution in [0.25, 0.3) is 16.6 Å². The standard InChI is InChI=1S/C50H55ClFN9O6S/c1-27-20-34(21-28(2)43(27)51)55-44(60-18-17-59(48(60)64)40-13-11-36(24-37(40)52)68(65,54-7)35-9-10-35)42-30(4)58(16-14-38(42)53)45(62)41-23-33-22-31(32-15-19-66-49(5,6)26-32)8-12-39(33)61(41)50(25-29(50)3)46-56-47(63)67-57-46/h8,11-13,17-18,20-24,29-30,32,35H,9-10,14-16,19,25-26,53H2,1-7H3,(H,56,57,63)/t29-,30-,32-,50-,68?/m0/s1. The van der Waals surface area contributed by atoms with Crippen LogP contribution in [0.1, 0.15) is 105 Å². The third-order valence-electron chi connectivity index (χ3n) is 14.5. The first-order chi connectivity index (χ1) is 32.3. The number of nitrogens with two attached hydrogens (primary N) is 1. The van der Waals surface area contributed by atoms with E-state index in [0.717, 1.165) is 53.3 Å². The molecule has 15 nitrogen and oxygen atoms in total. The van der Waals surface area contributed by atoms with Crippen molar-refractivity contribution in [2.45, 2.75) is 113 Å². The number of benzene rings is 3. The number of fused-ring (bicyclic) bond motifs is 1. The van der Waals surface area contributed by atoms with Crippen molar-refractivity contribution in [3.05, 3.63) is 138 Å². The topological polar surface area (TPSA) is 188 Å². The van der Waals surface area contributed by atoms with Gasteiger partial charge in [0, 0.05) is 71.5 Å². The molecule has 1 saturated heterocycles. The molecular weight excluding hydrogens is 909 g/mol. The van der Waals surface area contributed by atoms with Crippen LogP contribution in [0.2, 0.25) is 5.02 Å². The number of ether oxygens (including phenoxy) is 1. The van der Waals surface area contributed by atoms with Crippen molar-refractivity contribution in [1.29, 1.82) is 0 Å². The largest absolute Gasteiger partial charge is 0.438 e. The molecule has 1 unspecified atom stereocenters. The number of hydrogen-bond donors (Lipinski definition) is 2. The molecule has 2 saturated carbocycles. The van der Waals surface area contributed by atoms with Crippen LogP contribution in [0.5, 0.6) is 0 Å². The number of carbonyl (C=O) groups is 1. The number of H-pyrrole nitrogens is 1. The molecule has 3 aromatic carbocycles. The summed E-state index contributed by atoms with van der Waals surface area (Å²) in [7, 11) is -1.33. The highest BCUT2D eigenvalue weighted by Crippen LogP contribution is 2.56. The lowest BCUT2D eigenvalue weighted by atomic mass is 9.83. The number of aliphatic imine (C=N–C) groups is 1. The number of nitrogens with zero attached hydrogens (tertiary/aromatic N) is 7. The molecule has 5 heterocycles. The van der Waals surface area contributed by atoms with Gasteiger partial charge in [0.05, 0.1) is 37.6 Å². The van der Waals surface area contributed by atoms with Crippen LogP contribution in [0.4, 0.5) is 10.1 Å². The minimum Gasteiger partial charge on any atom is -0.402 e. The second-order valence-electron chi connectivity index (χ2n) is 19.5. The van der Waals surface area contributed by atoms with Gasteiger partial charge in [0.15, 0.2) is 5.82 Å². The monoisotopic (exact) mass is 963 g/mol. The van der Waals surface area contributed by atoms with Crippen molar-refractivity contribution in [1.82, 2.24) is 28.7 Å². The number of rotatable bonds is 9. The van der Waals surface area contributed by atoms with Crippen LogP contribution in [-0.4, -0.2) is 81.8 Å². The van der Waals surface area contributed by atoms with Gasteiger partial charge in [-0.1, -0.05) is 29.7 Å². The Labute approximate surface area is 398 Å². The Morgan fingerprint density at radius 1 is 1.01 bits per heavy atom. The third kappa shape index (κ3) is 7.57. The number of aromatic amines is 1. The second kappa shape index (κ2) is 16.6. The molecule has 2 aliphatic heterocycles. The van der Waals surface area contributed by atoms with E-state index in [1.807, 2.05) is 31.4 Å². The number of amides is 1. The first-order valence-corrected chi connectivity index (χ1v) is 25.1. The number of hydrogen-bond acceptors (Lipinski definition) is 10. The lowest BCUT2D eigenvalue weighted by molar-refractivity contribution is -0.0592. The van der Waals surface area contributed by atoms with Crippen molar-refractivity contribution >= 4 is 49.7 Å². The minimum absolute atomic E-state index is 0.0165. The zero-order valence-corrected chi connectivity index (χ0v) is 40.7. The predicted molar refractivity (Wildman–Crippen MR) is 259 cm³/mol. The molecule has 5 atom stereocenters. The molecule has 0 radical (unpaired) electrons. The molecule has 18 heteroatoms. The summed E-state index contributed by atoms with van der Waals surface area (Å²) in [5, 5.41) is 5.48. The SMILES string of the molecule is CN=S(=O)(c1ccc(-n2ccn(C(=Nc3cc(C)c(Cl)c(C)c3)C3=C(N)CCN(C(=O)c4cc5cc([C@H]6CCOC(C)(C)C6)ccc5n4[C@@]4(c5noc(=O)[nH]5)C[C@@H]4C)[C@H]3C)c2=O)c(F)c1)C1CC1. The summed E-state index contributed by atoms with van der Waals surface area (Å²) in [5.74, 6) is -1.00. The molecule has 68 heavy (non-hydrogen) atoms. The fraction of sp³-hybridized carbons (Fsp3) is 0.420. The highest BCUT2D eigenvalue weighted by Gasteiger charge is 2.59. The maximum Gasteiger partial charge on any atom is 0.438 e. The summed E-state index contributed by atoms with van der Waals surface area (Å²) in [4.78, 5) is 52.6. The van der Waals surface area contributed by atoms with Crippen molar-refractivity contribution < 1.29 is 22.7 Å². The molecule has 0 bridgehead atoms. The molecule has 3 N–H and O–H groups in total. The molecule has 3 fully saturated rings. The first kappa shape index (κ1) is 45.7. The van der Waals surface area contributed by atoms with Crippen LogP contribution in [-0.2, 0) is 20.0 Å². The van der Waals surface area contributed by atoms with Gasteiger partial charge in [0.25, 0.3) is 5.91 Å². The fourth-order valence-electron chi connectivity index (χ4n) is 10.7. The quantitative estimate of drug-likeness (QED) is 0.107. The number of aryl methyl sites for hydroxylation is 2. The Morgan fingerprint density at radius 3 is 2.38 bits per heavy atom. The van der Waals surface area contributed by atoms with Crippen LogP contribution in [0, 0.1) is 25.6 Å². The van der Waals surface area contributed by atoms with E-state index in [9.17, 15) is 13.8 Å². The highest BCUT2D eigenvalue weighted by atomic mass is 35.5. The molecule has 10 rings (SSSR count). The molecular formula is C50H55ClFN9O6S. The average molecular weight is 965 g/mol. The van der Waals surface area contributed by atoms with E-state index < -0.39 is 38.6 Å². The van der Waals surface area contributed by atoms with Gasteiger partial charge >= 0.3 is 11.4 Å². The lowest BCUT2D eigenvalue weighted by Crippen LogP contribution is -2.49. The van der Waals surface area contributed by atoms with Gasteiger partial charge in [-0.05, 0) is 144 Å². The number of carbonyl (C=O) groups excluding carboxylic acids is 1. The van der Waals surface area contributed by atoms with E-state index in [1.165, 1.54) is 40.7 Å². The van der Waals surface area contributed by atoms with Crippen molar-refractivity contribution in [3.63, 3.8) is 0 Å². The highest BCUT2D eigenvalue weighted by molar-refractivity contribution is 7.94. The first-order valence-electron chi connectivity index (χ1n) is 23.1. The van der Waals surface area contributed by atoms with E-state index in [-0.39, 0.29) is 58.0 Å². The number of nitrogens with one attached hydrogen (secondary N) is 1. The summed E-state index contributed by atoms with van der Waals surface area (Å²) < 4.78 is 49.6. The number of halogens is 2. The minimum atomic E-state index is -2.81. The Kier molecular flexibility index (Phi) is 11.2. The van der Waals surface area contributed by atoms with Crippen molar-refractivity contribution in [3.8, 4) is 5.69 Å². The maximum absolute atomic E-state index is 16.1. The van der Waals surface area contributed by atoms with E-state index in [2.05, 4.69) is 53.5 Å². The number of aromatic nitrogens is 5. The molecule has 2 aliphatic carbocycles. The Morgan fingerprint density at radius 2 is 1.75 bits per heavy atom. The van der Waals surface area contributed by atoms with Crippen molar-refractivity contribution in [2.75, 3.05) is 20.2 Å². The van der Waals surface area contributed by atoms with Gasteiger partial charge in [0.1, 0.15) is 22.9 Å². The van der Waals surface area contributed by atoms with Gasteiger partial charge in [0.2, 0.25) is 0 Å². The second-order valence-corrected chi connectivity index (χ2v) is 22.5. The van der Waals surface area contributed by atoms with Crippen LogP contribution in [0.3, 0.4) is 0 Å². The van der Waals surface area contributed by atoms with Crippen LogP contribution < -0.4 is 17.2 Å². The summed E-state index contributed by atoms with van der Waals surface area (Å²) in [5.41, 5.74) is 10.3. The summed E-state index contributed by atoms with van der Waals surface area (Å²) in [6.07, 6.45) is 7.01.